The minimum absolute atomic E-state index is 0.424. The van der Waals surface area contributed by atoms with E-state index < -0.39 is 18.0 Å². The number of hydrogen-bond acceptors (Lipinski definition) is 3. The first-order chi connectivity index (χ1) is 11.6. The highest BCUT2D eigenvalue weighted by molar-refractivity contribution is 5.76. The Hall–Kier alpha value is -1.06. The predicted molar refractivity (Wildman–Crippen MR) is 98.1 cm³/mol. The van der Waals surface area contributed by atoms with E-state index >= 15 is 0 Å². The third kappa shape index (κ3) is 15.8. The number of carboxylic acid groups (broad SMARTS) is 1. The van der Waals surface area contributed by atoms with Gasteiger partial charge < -0.3 is 9.84 Å². The van der Waals surface area contributed by atoms with Gasteiger partial charge in [-0.15, -0.1) is 0 Å². The molecule has 0 heterocycles. The topological polar surface area (TPSA) is 63.6 Å². The van der Waals surface area contributed by atoms with Crippen LogP contribution in [0.1, 0.15) is 110 Å². The summed E-state index contributed by atoms with van der Waals surface area (Å²) in [4.78, 5) is 21.7. The fraction of sp³-hybridized carbons (Fsp3) is 0.900. The molecule has 0 fully saturated rings. The highest BCUT2D eigenvalue weighted by Gasteiger charge is 2.19. The summed E-state index contributed by atoms with van der Waals surface area (Å²) in [5, 5.41) is 8.95. The lowest BCUT2D eigenvalue weighted by Crippen LogP contribution is -2.25. The van der Waals surface area contributed by atoms with Crippen LogP contribution in [0.15, 0.2) is 0 Å². The fourth-order valence-electron chi connectivity index (χ4n) is 2.96. The van der Waals surface area contributed by atoms with Crippen molar-refractivity contribution >= 4 is 11.9 Å². The Morgan fingerprint density at radius 1 is 0.750 bits per heavy atom. The van der Waals surface area contributed by atoms with E-state index in [2.05, 4.69) is 6.92 Å². The molecule has 0 aliphatic heterocycles. The summed E-state index contributed by atoms with van der Waals surface area (Å²) in [5.41, 5.74) is 0. The van der Waals surface area contributed by atoms with Gasteiger partial charge in [-0.05, 0) is 12.8 Å². The molecule has 0 bridgehead atoms. The van der Waals surface area contributed by atoms with Gasteiger partial charge >= 0.3 is 11.9 Å². The van der Waals surface area contributed by atoms with Crippen molar-refractivity contribution < 1.29 is 19.4 Å². The zero-order valence-corrected chi connectivity index (χ0v) is 15.9. The summed E-state index contributed by atoms with van der Waals surface area (Å²) in [6.45, 7) is 3.51. The van der Waals surface area contributed by atoms with Crippen molar-refractivity contribution in [1.82, 2.24) is 0 Å². The fourth-order valence-corrected chi connectivity index (χ4v) is 2.96. The van der Waals surface area contributed by atoms with E-state index in [0.29, 0.717) is 6.42 Å². The Morgan fingerprint density at radius 3 is 1.46 bits per heavy atom. The van der Waals surface area contributed by atoms with Crippen LogP contribution in [0, 0.1) is 0 Å². The molecule has 0 radical (unpaired) electrons. The molecular formula is C20H38O4. The van der Waals surface area contributed by atoms with Gasteiger partial charge in [-0.3, -0.25) is 4.79 Å². The van der Waals surface area contributed by atoms with Crippen LogP contribution in [0.3, 0.4) is 0 Å². The van der Waals surface area contributed by atoms with E-state index in [4.69, 9.17) is 9.84 Å². The first-order valence-electron chi connectivity index (χ1n) is 9.98. The van der Waals surface area contributed by atoms with Crippen LogP contribution in [-0.4, -0.2) is 23.1 Å². The van der Waals surface area contributed by atoms with Crippen LogP contribution in [-0.2, 0) is 14.3 Å². The maximum absolute atomic E-state index is 10.9. The first kappa shape index (κ1) is 22.9. The van der Waals surface area contributed by atoms with Crippen LogP contribution < -0.4 is 0 Å². The zero-order valence-electron chi connectivity index (χ0n) is 15.9. The van der Waals surface area contributed by atoms with Gasteiger partial charge in [0.05, 0.1) is 0 Å². The van der Waals surface area contributed by atoms with Crippen molar-refractivity contribution in [2.75, 3.05) is 0 Å². The van der Waals surface area contributed by atoms with Gasteiger partial charge in [0.1, 0.15) is 0 Å². The molecule has 0 rings (SSSR count). The van der Waals surface area contributed by atoms with Crippen molar-refractivity contribution in [3.63, 3.8) is 0 Å². The minimum Gasteiger partial charge on any atom is -0.479 e. The Labute approximate surface area is 148 Å². The normalized spacial score (nSPS) is 12.1. The van der Waals surface area contributed by atoms with E-state index in [1.54, 1.807) is 0 Å². The highest BCUT2D eigenvalue weighted by atomic mass is 16.6. The third-order valence-electron chi connectivity index (χ3n) is 4.40. The van der Waals surface area contributed by atoms with Crippen molar-refractivity contribution in [1.29, 1.82) is 0 Å². The molecule has 4 heteroatoms. The van der Waals surface area contributed by atoms with Crippen molar-refractivity contribution in [3.05, 3.63) is 0 Å². The number of unbranched alkanes of at least 4 members (excludes halogenated alkanes) is 13. The second-order valence-corrected chi connectivity index (χ2v) is 6.82. The van der Waals surface area contributed by atoms with Crippen LogP contribution in [0.4, 0.5) is 0 Å². The van der Waals surface area contributed by atoms with Gasteiger partial charge in [-0.25, -0.2) is 4.79 Å². The molecule has 0 saturated carbocycles. The molecule has 1 N–H and O–H groups in total. The van der Waals surface area contributed by atoms with Gasteiger partial charge in [0, 0.05) is 6.92 Å². The summed E-state index contributed by atoms with van der Waals surface area (Å²) >= 11 is 0. The molecule has 0 aromatic carbocycles. The maximum Gasteiger partial charge on any atom is 0.345 e. The van der Waals surface area contributed by atoms with Gasteiger partial charge in [0.15, 0.2) is 6.10 Å². The zero-order chi connectivity index (χ0) is 18.0. The summed E-state index contributed by atoms with van der Waals surface area (Å²) in [7, 11) is 0. The molecule has 1 atom stereocenters. The number of esters is 1. The standard InChI is InChI=1S/C20H38O4/c1-3-4-5-6-7-8-9-10-11-12-13-14-15-16-17-19(20(22)23)24-18(2)21/h19H,3-17H2,1-2H3,(H,22,23). The molecule has 1 unspecified atom stereocenters. The van der Waals surface area contributed by atoms with Gasteiger partial charge in [-0.1, -0.05) is 90.4 Å². The average Bonchev–Trinajstić information content (AvgIpc) is 2.53. The molecule has 142 valence electrons. The number of ether oxygens (including phenoxy) is 1. The van der Waals surface area contributed by atoms with Gasteiger partial charge in [0.25, 0.3) is 0 Å². The maximum atomic E-state index is 10.9. The smallest absolute Gasteiger partial charge is 0.345 e. The van der Waals surface area contributed by atoms with Gasteiger partial charge in [0.2, 0.25) is 0 Å². The summed E-state index contributed by atoms with van der Waals surface area (Å²) < 4.78 is 4.79. The van der Waals surface area contributed by atoms with Crippen LogP contribution >= 0.6 is 0 Å². The van der Waals surface area contributed by atoms with E-state index in [-0.39, 0.29) is 0 Å². The van der Waals surface area contributed by atoms with Crippen molar-refractivity contribution in [3.8, 4) is 0 Å². The van der Waals surface area contributed by atoms with Gasteiger partial charge in [-0.2, -0.15) is 0 Å². The van der Waals surface area contributed by atoms with E-state index in [9.17, 15) is 9.59 Å². The molecule has 0 saturated heterocycles. The molecule has 0 aliphatic carbocycles. The SMILES string of the molecule is CCCCCCCCCCCCCCCCC(OC(C)=O)C(=O)O. The molecule has 0 aliphatic rings. The summed E-state index contributed by atoms with van der Waals surface area (Å²) in [5.74, 6) is -1.56. The Balaban J connectivity index is 3.30. The number of carboxylic acids is 1. The van der Waals surface area contributed by atoms with E-state index in [1.807, 2.05) is 0 Å². The molecular weight excluding hydrogens is 304 g/mol. The largest absolute Gasteiger partial charge is 0.479 e. The van der Waals surface area contributed by atoms with Crippen LogP contribution in [0.25, 0.3) is 0 Å². The first-order valence-corrected chi connectivity index (χ1v) is 9.98. The lowest BCUT2D eigenvalue weighted by atomic mass is 10.0. The molecule has 24 heavy (non-hydrogen) atoms. The monoisotopic (exact) mass is 342 g/mol. The third-order valence-corrected chi connectivity index (χ3v) is 4.40. The molecule has 0 aromatic heterocycles. The van der Waals surface area contributed by atoms with Crippen LogP contribution in [0.5, 0.6) is 0 Å². The number of hydrogen-bond donors (Lipinski definition) is 1. The number of carbonyl (C=O) groups excluding carboxylic acids is 1. The van der Waals surface area contributed by atoms with Crippen LogP contribution in [0.2, 0.25) is 0 Å². The van der Waals surface area contributed by atoms with Crippen molar-refractivity contribution in [2.24, 2.45) is 0 Å². The Bertz CT molecular complexity index is 315. The number of aliphatic carboxylic acids is 1. The highest BCUT2D eigenvalue weighted by Crippen LogP contribution is 2.14. The van der Waals surface area contributed by atoms with E-state index in [0.717, 1.165) is 19.3 Å². The Morgan fingerprint density at radius 2 is 1.12 bits per heavy atom. The molecule has 0 amide bonds. The lowest BCUT2D eigenvalue weighted by molar-refractivity contribution is -0.163. The molecule has 0 spiro atoms. The second kappa shape index (κ2) is 16.8. The quantitative estimate of drug-likeness (QED) is 0.265. The number of rotatable bonds is 17. The lowest BCUT2D eigenvalue weighted by Gasteiger charge is -2.11. The van der Waals surface area contributed by atoms with Crippen molar-refractivity contribution in [2.45, 2.75) is 116 Å². The predicted octanol–water partition coefficient (Wildman–Crippen LogP) is 5.87. The average molecular weight is 343 g/mol. The summed E-state index contributed by atoms with van der Waals surface area (Å²) in [6, 6.07) is 0. The number of carbonyl (C=O) groups is 2. The van der Waals surface area contributed by atoms with E-state index in [1.165, 1.54) is 77.6 Å². The second-order valence-electron chi connectivity index (χ2n) is 6.82. The molecule has 0 aromatic rings. The summed E-state index contributed by atoms with van der Waals surface area (Å²) in [6.07, 6.45) is 17.2. The minimum atomic E-state index is -1.04. The molecule has 4 nitrogen and oxygen atoms in total. The Kier molecular flexibility index (Phi) is 16.0.